The molecule has 4 heteroatoms. The Kier molecular flexibility index (Phi) is 6.50. The van der Waals surface area contributed by atoms with E-state index in [0.717, 1.165) is 48.3 Å². The molecule has 148 valence electrons. The number of hydrogen-bond acceptors (Lipinski definition) is 2. The summed E-state index contributed by atoms with van der Waals surface area (Å²) in [5.74, 6) is 0.597. The first-order valence-electron chi connectivity index (χ1n) is 10.3. The second-order valence-electron chi connectivity index (χ2n) is 7.93. The first-order valence-corrected chi connectivity index (χ1v) is 10.3. The van der Waals surface area contributed by atoms with Gasteiger partial charge in [-0.15, -0.1) is 0 Å². The number of nitrogens with zero attached hydrogens (tertiary/aromatic N) is 1. The maximum absolute atomic E-state index is 12.8. The highest BCUT2D eigenvalue weighted by molar-refractivity contribution is 5.98. The van der Waals surface area contributed by atoms with Crippen LogP contribution >= 0.6 is 0 Å². The molecule has 1 N–H and O–H groups in total. The highest BCUT2D eigenvalue weighted by atomic mass is 16.2. The summed E-state index contributed by atoms with van der Waals surface area (Å²) in [5, 5.41) is 3.08. The fraction of sp³-hybridized carbons (Fsp3) is 0.417. The maximum atomic E-state index is 12.8. The summed E-state index contributed by atoms with van der Waals surface area (Å²) in [6.45, 7) is 7.12. The van der Waals surface area contributed by atoms with E-state index in [-0.39, 0.29) is 17.7 Å². The molecular formula is C24H30N2O2. The van der Waals surface area contributed by atoms with Crippen molar-refractivity contribution in [3.8, 4) is 0 Å². The number of benzene rings is 2. The van der Waals surface area contributed by atoms with Crippen molar-refractivity contribution >= 4 is 23.2 Å². The predicted octanol–water partition coefficient (Wildman–Crippen LogP) is 5.14. The Labute approximate surface area is 167 Å². The summed E-state index contributed by atoms with van der Waals surface area (Å²) >= 11 is 0. The van der Waals surface area contributed by atoms with Gasteiger partial charge in [0.25, 0.3) is 0 Å². The largest absolute Gasteiger partial charge is 0.326 e. The highest BCUT2D eigenvalue weighted by Gasteiger charge is 2.25. The summed E-state index contributed by atoms with van der Waals surface area (Å²) in [6.07, 6.45) is 2.99. The van der Waals surface area contributed by atoms with E-state index >= 15 is 0 Å². The third-order valence-corrected chi connectivity index (χ3v) is 5.40. The van der Waals surface area contributed by atoms with Crippen LogP contribution < -0.4 is 10.2 Å². The Bertz CT molecular complexity index is 830. The lowest BCUT2D eigenvalue weighted by molar-refractivity contribution is -0.119. The van der Waals surface area contributed by atoms with Crippen LogP contribution in [0.4, 0.5) is 11.4 Å². The topological polar surface area (TPSA) is 49.4 Å². The molecule has 1 atom stereocenters. The van der Waals surface area contributed by atoms with Gasteiger partial charge in [0.05, 0.1) is 5.92 Å². The number of anilines is 2. The van der Waals surface area contributed by atoms with Gasteiger partial charge < -0.3 is 10.2 Å². The third-order valence-electron chi connectivity index (χ3n) is 5.40. The molecule has 2 aromatic carbocycles. The first kappa shape index (κ1) is 20.1. The second-order valence-corrected chi connectivity index (χ2v) is 7.93. The van der Waals surface area contributed by atoms with E-state index in [1.165, 1.54) is 0 Å². The molecule has 0 saturated heterocycles. The molecule has 2 amide bonds. The lowest BCUT2D eigenvalue weighted by Gasteiger charge is -2.30. The van der Waals surface area contributed by atoms with Gasteiger partial charge >= 0.3 is 0 Å². The van der Waals surface area contributed by atoms with Crippen LogP contribution in [0.2, 0.25) is 0 Å². The zero-order valence-electron chi connectivity index (χ0n) is 17.1. The van der Waals surface area contributed by atoms with Crippen molar-refractivity contribution in [1.82, 2.24) is 0 Å². The van der Waals surface area contributed by atoms with Gasteiger partial charge in [0.15, 0.2) is 0 Å². The van der Waals surface area contributed by atoms with Crippen LogP contribution in [0.25, 0.3) is 0 Å². The summed E-state index contributed by atoms with van der Waals surface area (Å²) in [7, 11) is 0. The van der Waals surface area contributed by atoms with Crippen LogP contribution in [0, 0.1) is 5.92 Å². The van der Waals surface area contributed by atoms with E-state index in [1.54, 1.807) is 0 Å². The van der Waals surface area contributed by atoms with Crippen LogP contribution in [0.3, 0.4) is 0 Å². The van der Waals surface area contributed by atoms with Gasteiger partial charge in [0, 0.05) is 24.3 Å². The molecule has 1 heterocycles. The average molecular weight is 379 g/mol. The molecule has 2 aromatic rings. The Morgan fingerprint density at radius 2 is 1.86 bits per heavy atom. The van der Waals surface area contributed by atoms with Crippen molar-refractivity contribution in [2.24, 2.45) is 5.92 Å². The summed E-state index contributed by atoms with van der Waals surface area (Å²) in [5.41, 5.74) is 3.96. The molecule has 0 aromatic heterocycles. The van der Waals surface area contributed by atoms with Crippen molar-refractivity contribution in [2.45, 2.75) is 52.4 Å². The van der Waals surface area contributed by atoms with Crippen molar-refractivity contribution in [2.75, 3.05) is 16.8 Å². The molecule has 0 fully saturated rings. The van der Waals surface area contributed by atoms with Gasteiger partial charge in [0.1, 0.15) is 0 Å². The molecule has 1 aliphatic rings. The number of hydrogen-bond donors (Lipinski definition) is 1. The van der Waals surface area contributed by atoms with E-state index < -0.39 is 0 Å². The van der Waals surface area contributed by atoms with Crippen LogP contribution in [-0.4, -0.2) is 18.4 Å². The van der Waals surface area contributed by atoms with Gasteiger partial charge in [-0.3, -0.25) is 9.59 Å². The van der Waals surface area contributed by atoms with Gasteiger partial charge in [0.2, 0.25) is 11.8 Å². The SMILES string of the molecule is CCC(C(=O)Nc1ccc2c(c1)CCC(=O)N2CCC(C)C)c1ccccc1. The van der Waals surface area contributed by atoms with E-state index in [1.807, 2.05) is 60.4 Å². The maximum Gasteiger partial charge on any atom is 0.231 e. The normalized spacial score (nSPS) is 14.7. The van der Waals surface area contributed by atoms with Gasteiger partial charge in [-0.25, -0.2) is 0 Å². The summed E-state index contributed by atoms with van der Waals surface area (Å²) in [4.78, 5) is 27.1. The number of aryl methyl sites for hydroxylation is 1. The Morgan fingerprint density at radius 3 is 2.54 bits per heavy atom. The molecule has 0 radical (unpaired) electrons. The van der Waals surface area contributed by atoms with E-state index in [9.17, 15) is 9.59 Å². The lowest BCUT2D eigenvalue weighted by atomic mass is 9.95. The molecule has 0 bridgehead atoms. The Balaban J connectivity index is 1.76. The van der Waals surface area contributed by atoms with Crippen molar-refractivity contribution in [3.05, 3.63) is 59.7 Å². The van der Waals surface area contributed by atoms with Gasteiger partial charge in [-0.2, -0.15) is 0 Å². The zero-order valence-corrected chi connectivity index (χ0v) is 17.1. The van der Waals surface area contributed by atoms with Crippen LogP contribution in [0.5, 0.6) is 0 Å². The van der Waals surface area contributed by atoms with E-state index in [2.05, 4.69) is 19.2 Å². The molecule has 0 aliphatic carbocycles. The lowest BCUT2D eigenvalue weighted by Crippen LogP contribution is -2.36. The number of rotatable bonds is 7. The predicted molar refractivity (Wildman–Crippen MR) is 115 cm³/mol. The smallest absolute Gasteiger partial charge is 0.231 e. The van der Waals surface area contributed by atoms with E-state index in [0.29, 0.717) is 12.3 Å². The minimum Gasteiger partial charge on any atom is -0.326 e. The van der Waals surface area contributed by atoms with Crippen molar-refractivity contribution in [3.63, 3.8) is 0 Å². The van der Waals surface area contributed by atoms with Gasteiger partial charge in [-0.05, 0) is 54.5 Å². The Morgan fingerprint density at radius 1 is 1.11 bits per heavy atom. The van der Waals surface area contributed by atoms with Crippen molar-refractivity contribution < 1.29 is 9.59 Å². The van der Waals surface area contributed by atoms with Crippen LogP contribution in [0.1, 0.15) is 57.1 Å². The Hall–Kier alpha value is -2.62. The molecular weight excluding hydrogens is 348 g/mol. The highest BCUT2D eigenvalue weighted by Crippen LogP contribution is 2.31. The molecule has 0 spiro atoms. The third kappa shape index (κ3) is 4.61. The molecule has 4 nitrogen and oxygen atoms in total. The van der Waals surface area contributed by atoms with Gasteiger partial charge in [-0.1, -0.05) is 51.1 Å². The minimum atomic E-state index is -0.165. The summed E-state index contributed by atoms with van der Waals surface area (Å²) < 4.78 is 0. The second kappa shape index (κ2) is 9.05. The molecule has 3 rings (SSSR count). The molecule has 1 unspecified atom stereocenters. The first-order chi connectivity index (χ1) is 13.5. The number of fused-ring (bicyclic) bond motifs is 1. The zero-order chi connectivity index (χ0) is 20.1. The summed E-state index contributed by atoms with van der Waals surface area (Å²) in [6, 6.07) is 15.8. The molecule has 0 saturated carbocycles. The minimum absolute atomic E-state index is 0.0113. The van der Waals surface area contributed by atoms with Crippen molar-refractivity contribution in [1.29, 1.82) is 0 Å². The molecule has 1 aliphatic heterocycles. The van der Waals surface area contributed by atoms with E-state index in [4.69, 9.17) is 0 Å². The van der Waals surface area contributed by atoms with Crippen LogP contribution in [-0.2, 0) is 16.0 Å². The number of carbonyl (C=O) groups is 2. The fourth-order valence-electron chi connectivity index (χ4n) is 3.76. The monoisotopic (exact) mass is 378 g/mol. The quantitative estimate of drug-likeness (QED) is 0.725. The fourth-order valence-corrected chi connectivity index (χ4v) is 3.76. The molecule has 28 heavy (non-hydrogen) atoms. The average Bonchev–Trinajstić information content (AvgIpc) is 2.68. The standard InChI is InChI=1S/C24H30N2O2/c1-4-21(18-8-6-5-7-9-18)24(28)25-20-11-12-22-19(16-20)10-13-23(27)26(22)15-14-17(2)3/h5-9,11-12,16-17,21H,4,10,13-15H2,1-3H3,(H,25,28). The number of nitrogens with one attached hydrogen (secondary N) is 1. The van der Waals surface area contributed by atoms with Crippen LogP contribution in [0.15, 0.2) is 48.5 Å². The number of carbonyl (C=O) groups excluding carboxylic acids is 2. The number of amides is 2.